The first kappa shape index (κ1) is 18.6. The number of thiophene rings is 2. The molecule has 0 atom stereocenters. The molecule has 0 aliphatic heterocycles. The Hall–Kier alpha value is -1.74. The molecule has 0 fully saturated rings. The van der Waals surface area contributed by atoms with E-state index >= 15 is 0 Å². The average molecular weight is 365 g/mol. The van der Waals surface area contributed by atoms with Gasteiger partial charge >= 0.3 is 0 Å². The summed E-state index contributed by atoms with van der Waals surface area (Å²) in [6.07, 6.45) is 8.44. The van der Waals surface area contributed by atoms with Gasteiger partial charge in [0, 0.05) is 28.1 Å². The van der Waals surface area contributed by atoms with Gasteiger partial charge in [-0.05, 0) is 74.1 Å². The maximum Gasteiger partial charge on any atom is 0.0451 e. The first-order chi connectivity index (χ1) is 11.7. The Morgan fingerprint density at radius 1 is 1.04 bits per heavy atom. The van der Waals surface area contributed by atoms with Crippen LogP contribution < -0.4 is 0 Å². The molecule has 0 spiro atoms. The molecule has 2 rings (SSSR count). The quantitative estimate of drug-likeness (QED) is 0.339. The van der Waals surface area contributed by atoms with E-state index in [1.165, 1.54) is 62.7 Å². The summed E-state index contributed by atoms with van der Waals surface area (Å²) in [5.41, 5.74) is 13.7. The van der Waals surface area contributed by atoms with E-state index in [-0.39, 0.29) is 8.56 Å². The van der Waals surface area contributed by atoms with Crippen LogP contribution in [0.1, 0.15) is 62.0 Å². The van der Waals surface area contributed by atoms with Crippen molar-refractivity contribution in [3.63, 3.8) is 0 Å². The second-order valence-corrected chi connectivity index (χ2v) is 8.35. The van der Waals surface area contributed by atoms with Crippen molar-refractivity contribution in [2.24, 2.45) is 0 Å². The Labute approximate surface area is 162 Å². The van der Waals surface area contributed by atoms with Crippen molar-refractivity contribution in [3.05, 3.63) is 62.5 Å². The van der Waals surface area contributed by atoms with Crippen LogP contribution in [0.3, 0.4) is 0 Å². The van der Waals surface area contributed by atoms with Crippen molar-refractivity contribution < 1.29 is 8.56 Å². The SMILES string of the molecule is C=C=C=C=C=Cc1cc(-c2cc(CCCCCC)c(C)s2)sc1C.[HH].[HH].[HH].[HH].[HH].[HH]. The van der Waals surface area contributed by atoms with Crippen LogP contribution in [-0.2, 0) is 6.42 Å². The highest BCUT2D eigenvalue weighted by Gasteiger charge is 2.11. The first-order valence-electron chi connectivity index (χ1n) is 8.46. The molecule has 2 heterocycles. The van der Waals surface area contributed by atoms with Gasteiger partial charge in [0.05, 0.1) is 0 Å². The molecule has 0 saturated heterocycles. The molecule has 2 aromatic heterocycles. The van der Waals surface area contributed by atoms with Gasteiger partial charge in [-0.15, -0.1) is 22.7 Å². The number of aryl methyl sites for hydroxylation is 3. The molecule has 0 bridgehead atoms. The van der Waals surface area contributed by atoms with Crippen molar-refractivity contribution in [1.82, 2.24) is 0 Å². The molecule has 24 heavy (non-hydrogen) atoms. The summed E-state index contributed by atoms with van der Waals surface area (Å²) in [5, 5.41) is 0. The van der Waals surface area contributed by atoms with Gasteiger partial charge in [-0.3, -0.25) is 0 Å². The zero-order valence-corrected chi connectivity index (χ0v) is 16.4. The fourth-order valence-electron chi connectivity index (χ4n) is 2.59. The van der Waals surface area contributed by atoms with Crippen LogP contribution in [0.25, 0.3) is 15.8 Å². The van der Waals surface area contributed by atoms with Crippen LogP contribution in [0.15, 0.2) is 41.6 Å². The van der Waals surface area contributed by atoms with Gasteiger partial charge < -0.3 is 0 Å². The Bertz CT molecular complexity index is 858. The van der Waals surface area contributed by atoms with E-state index in [4.69, 9.17) is 0 Å². The Morgan fingerprint density at radius 3 is 2.54 bits per heavy atom. The summed E-state index contributed by atoms with van der Waals surface area (Å²) in [4.78, 5) is 5.49. The molecule has 0 N–H and O–H groups in total. The average Bonchev–Trinajstić information content (AvgIpc) is 3.12. The summed E-state index contributed by atoms with van der Waals surface area (Å²) >= 11 is 3.76. The van der Waals surface area contributed by atoms with Crippen molar-refractivity contribution in [2.45, 2.75) is 52.9 Å². The zero-order valence-electron chi connectivity index (χ0n) is 14.8. The van der Waals surface area contributed by atoms with Crippen LogP contribution in [0, 0.1) is 13.8 Å². The molecule has 0 aromatic carbocycles. The maximum atomic E-state index is 3.46. The monoisotopic (exact) mass is 364 g/mol. The summed E-state index contributed by atoms with van der Waals surface area (Å²) in [6, 6.07) is 4.64. The van der Waals surface area contributed by atoms with Crippen molar-refractivity contribution in [1.29, 1.82) is 0 Å². The van der Waals surface area contributed by atoms with E-state index in [1.54, 1.807) is 0 Å². The number of unbranched alkanes of at least 4 members (excludes halogenated alkanes) is 3. The highest BCUT2D eigenvalue weighted by atomic mass is 32.1. The molecule has 0 unspecified atom stereocenters. The molecule has 0 aliphatic carbocycles. The highest BCUT2D eigenvalue weighted by molar-refractivity contribution is 7.22. The molecule has 2 aromatic rings. The van der Waals surface area contributed by atoms with Crippen molar-refractivity contribution >= 4 is 28.7 Å². The van der Waals surface area contributed by atoms with Crippen LogP contribution in [0.5, 0.6) is 0 Å². The third kappa shape index (κ3) is 5.13. The lowest BCUT2D eigenvalue weighted by molar-refractivity contribution is 0.666. The molecular formula is C22H36S2. The largest absolute Gasteiger partial charge is 0.139 e. The number of hydrogen-bond acceptors (Lipinski definition) is 2. The molecule has 0 aliphatic rings. The third-order valence-corrected chi connectivity index (χ3v) is 6.32. The van der Waals surface area contributed by atoms with E-state index in [1.807, 2.05) is 28.7 Å². The summed E-state index contributed by atoms with van der Waals surface area (Å²) in [7, 11) is 0. The second kappa shape index (κ2) is 9.53. The van der Waals surface area contributed by atoms with Gasteiger partial charge in [0.2, 0.25) is 0 Å². The lowest BCUT2D eigenvalue weighted by Crippen LogP contribution is -1.84. The van der Waals surface area contributed by atoms with E-state index < -0.39 is 0 Å². The lowest BCUT2D eigenvalue weighted by atomic mass is 10.1. The standard InChI is InChI=1S/C22H24S2.6H2/c1-5-7-9-11-13-19-15-21(23-17(19)3)22-16-20(18(4)24-22)14-12-10-8-6-2;;;;;;/h13,15-16H,1,6,8,10,12,14H2,2-4H3;6*1H. The van der Waals surface area contributed by atoms with Crippen LogP contribution in [0.4, 0.5) is 0 Å². The minimum absolute atomic E-state index is 0. The molecule has 0 nitrogen and oxygen atoms in total. The third-order valence-electron chi connectivity index (χ3n) is 3.97. The molecule has 0 amide bonds. The van der Waals surface area contributed by atoms with Crippen molar-refractivity contribution in [2.75, 3.05) is 0 Å². The predicted molar refractivity (Wildman–Crippen MR) is 122 cm³/mol. The first-order valence-corrected chi connectivity index (χ1v) is 10.1. The van der Waals surface area contributed by atoms with Crippen LogP contribution in [-0.4, -0.2) is 0 Å². The minimum atomic E-state index is 0. The highest BCUT2D eigenvalue weighted by Crippen LogP contribution is 2.38. The van der Waals surface area contributed by atoms with Gasteiger partial charge in [0.15, 0.2) is 0 Å². The molecular weight excluding hydrogens is 328 g/mol. The maximum absolute atomic E-state index is 3.46. The fraction of sp³-hybridized carbons (Fsp3) is 0.364. The Morgan fingerprint density at radius 2 is 1.79 bits per heavy atom. The summed E-state index contributed by atoms with van der Waals surface area (Å²) in [5.74, 6) is 0. The predicted octanol–water partition coefficient (Wildman–Crippen LogP) is 8.96. The number of rotatable bonds is 7. The zero-order chi connectivity index (χ0) is 17.4. The van der Waals surface area contributed by atoms with Gasteiger partial charge in [-0.25, -0.2) is 0 Å². The fourth-order valence-corrected chi connectivity index (χ4v) is 4.73. The normalized spacial score (nSPS) is 9.79. The topological polar surface area (TPSA) is 0 Å². The molecule has 0 saturated carbocycles. The second-order valence-electron chi connectivity index (χ2n) is 5.84. The summed E-state index contributed by atoms with van der Waals surface area (Å²) in [6.45, 7) is 10.1. The van der Waals surface area contributed by atoms with E-state index in [2.05, 4.69) is 62.4 Å². The smallest absolute Gasteiger partial charge is 0.0451 e. The van der Waals surface area contributed by atoms with Crippen LogP contribution >= 0.6 is 22.7 Å². The van der Waals surface area contributed by atoms with E-state index in [0.29, 0.717) is 0 Å². The van der Waals surface area contributed by atoms with E-state index in [9.17, 15) is 0 Å². The lowest BCUT2D eigenvalue weighted by Gasteiger charge is -1.99. The van der Waals surface area contributed by atoms with Gasteiger partial charge in [-0.1, -0.05) is 37.6 Å². The van der Waals surface area contributed by atoms with Gasteiger partial charge in [0.1, 0.15) is 0 Å². The molecule has 0 radical (unpaired) electrons. The molecule has 136 valence electrons. The van der Waals surface area contributed by atoms with Crippen LogP contribution in [0.2, 0.25) is 0 Å². The van der Waals surface area contributed by atoms with Gasteiger partial charge in [0.25, 0.3) is 0 Å². The van der Waals surface area contributed by atoms with Gasteiger partial charge in [-0.2, -0.15) is 0 Å². The molecule has 2 heteroatoms. The Balaban J connectivity index is -0.000000347. The van der Waals surface area contributed by atoms with E-state index in [0.717, 1.165) is 0 Å². The summed E-state index contributed by atoms with van der Waals surface area (Å²) < 4.78 is 0. The minimum Gasteiger partial charge on any atom is -0.139 e. The Kier molecular flexibility index (Phi) is 7.38. The van der Waals surface area contributed by atoms with Crippen molar-refractivity contribution in [3.8, 4) is 9.75 Å². The number of hydrogen-bond donors (Lipinski definition) is 0.